The van der Waals surface area contributed by atoms with Gasteiger partial charge in [0.15, 0.2) is 0 Å². The van der Waals surface area contributed by atoms with Crippen molar-refractivity contribution in [2.24, 2.45) is 0 Å². The van der Waals surface area contributed by atoms with Crippen molar-refractivity contribution in [3.8, 4) is 28.4 Å². The largest absolute Gasteiger partial charge is 0.457 e. The van der Waals surface area contributed by atoms with Gasteiger partial charge >= 0.3 is 0 Å². The van der Waals surface area contributed by atoms with Crippen LogP contribution in [0.2, 0.25) is 0 Å². The van der Waals surface area contributed by atoms with Gasteiger partial charge in [-0.05, 0) is 112 Å². The molecule has 296 valence electrons. The average Bonchev–Trinajstić information content (AvgIpc) is 3.76. The van der Waals surface area contributed by atoms with Crippen LogP contribution in [0.5, 0.6) is 11.5 Å². The summed E-state index contributed by atoms with van der Waals surface area (Å²) >= 11 is 0. The molecule has 9 rings (SSSR count). The molecule has 0 spiro atoms. The predicted octanol–water partition coefficient (Wildman–Crippen LogP) is 14.7. The van der Waals surface area contributed by atoms with Crippen LogP contribution in [0.1, 0.15) is 77.0 Å². The third kappa shape index (κ3) is 6.88. The van der Waals surface area contributed by atoms with Gasteiger partial charge in [-0.1, -0.05) is 103 Å². The number of hydrogen-bond acceptors (Lipinski definition) is 4. The Labute approximate surface area is 345 Å². The van der Waals surface area contributed by atoms with Gasteiger partial charge in [-0.25, -0.2) is 13.8 Å². The quantitative estimate of drug-likeness (QED) is 0.154. The van der Waals surface area contributed by atoms with E-state index < -0.39 is 11.6 Å². The van der Waals surface area contributed by atoms with E-state index in [0.29, 0.717) is 17.4 Å². The van der Waals surface area contributed by atoms with Crippen molar-refractivity contribution in [2.45, 2.75) is 65.7 Å². The van der Waals surface area contributed by atoms with Crippen LogP contribution in [0.25, 0.3) is 38.8 Å². The maximum Gasteiger partial charge on any atom is 0.149 e. The molecule has 1 aliphatic rings. The lowest BCUT2D eigenvalue weighted by Gasteiger charge is -2.24. The van der Waals surface area contributed by atoms with Gasteiger partial charge in [-0.15, -0.1) is 0 Å². The Morgan fingerprint density at radius 1 is 0.627 bits per heavy atom. The number of pyridine rings is 1. The summed E-state index contributed by atoms with van der Waals surface area (Å²) in [5.41, 5.74) is 9.93. The fraction of sp³-hybridized carbons (Fsp3) is 0.212. The number of fused-ring (bicyclic) bond motifs is 4. The van der Waals surface area contributed by atoms with Crippen molar-refractivity contribution in [1.82, 2.24) is 9.55 Å². The molecule has 0 saturated heterocycles. The highest BCUT2D eigenvalue weighted by atomic mass is 19.1. The van der Waals surface area contributed by atoms with Gasteiger partial charge in [-0.3, -0.25) is 4.57 Å². The average molecular weight is 783 g/mol. The van der Waals surface area contributed by atoms with E-state index in [-0.39, 0.29) is 23.7 Å². The van der Waals surface area contributed by atoms with E-state index in [4.69, 9.17) is 9.72 Å². The molecule has 0 bridgehead atoms. The third-order valence-corrected chi connectivity index (χ3v) is 11.6. The number of halogens is 2. The summed E-state index contributed by atoms with van der Waals surface area (Å²) in [5.74, 6) is 1.56. The fourth-order valence-corrected chi connectivity index (χ4v) is 8.40. The van der Waals surface area contributed by atoms with E-state index in [1.54, 1.807) is 4.90 Å². The number of aromatic nitrogens is 2. The van der Waals surface area contributed by atoms with Gasteiger partial charge in [-0.2, -0.15) is 0 Å². The maximum atomic E-state index is 15.7. The van der Waals surface area contributed by atoms with Gasteiger partial charge in [0.1, 0.15) is 41.3 Å². The SMILES string of the molecule is CC(C)c1ccc(-c2cc(Oc3ccc4c5ccccc5n(-c5ccccn5)c4c3)cc(N3CN(c4c(F)cccc4F)c4cc(C(C)(C)C)ccc43)c2)c(C(C)C)c1. The smallest absolute Gasteiger partial charge is 0.149 e. The van der Waals surface area contributed by atoms with Crippen molar-refractivity contribution in [2.75, 3.05) is 16.5 Å². The molecule has 0 fully saturated rings. The van der Waals surface area contributed by atoms with Crippen LogP contribution in [0.3, 0.4) is 0 Å². The first-order chi connectivity index (χ1) is 28.4. The second-order valence-corrected chi connectivity index (χ2v) is 17.2. The summed E-state index contributed by atoms with van der Waals surface area (Å²) in [6.45, 7) is 15.5. The number of para-hydroxylation sites is 2. The van der Waals surface area contributed by atoms with Crippen LogP contribution in [0.4, 0.5) is 31.5 Å². The molecule has 0 radical (unpaired) electrons. The Hall–Kier alpha value is -6.47. The van der Waals surface area contributed by atoms with Crippen molar-refractivity contribution in [3.63, 3.8) is 0 Å². The first-order valence-electron chi connectivity index (χ1n) is 20.4. The summed E-state index contributed by atoms with van der Waals surface area (Å²) < 4.78 is 40.4. The van der Waals surface area contributed by atoms with Crippen molar-refractivity contribution in [1.29, 1.82) is 0 Å². The molecular formula is C52H48F2N4O. The molecule has 0 atom stereocenters. The summed E-state index contributed by atoms with van der Waals surface area (Å²) in [6.07, 6.45) is 1.81. The molecule has 59 heavy (non-hydrogen) atoms. The molecule has 0 N–H and O–H groups in total. The molecular weight excluding hydrogens is 735 g/mol. The molecule has 1 aliphatic heterocycles. The number of hydrogen-bond donors (Lipinski definition) is 0. The molecule has 5 nitrogen and oxygen atoms in total. The summed E-state index contributed by atoms with van der Waals surface area (Å²) in [4.78, 5) is 8.60. The Balaban J connectivity index is 1.22. The van der Waals surface area contributed by atoms with Crippen LogP contribution in [0.15, 0.2) is 140 Å². The molecule has 7 heteroatoms. The molecule has 2 aromatic heterocycles. The standard InChI is InChI=1S/C52H48F2N4O/c1-32(2)34-18-21-40(43(27-34)33(3)4)35-25-37(56-31-57(51-44(53)14-12-15-45(51)54)49-28-36(52(5,6)7)19-23-47(49)56)29-39(26-35)59-38-20-22-42-41-13-8-9-16-46(41)58(48(42)30-38)50-17-10-11-24-55-50/h8-30,32-33H,31H2,1-7H3. The highest BCUT2D eigenvalue weighted by Gasteiger charge is 2.33. The fourth-order valence-electron chi connectivity index (χ4n) is 8.40. The van der Waals surface area contributed by atoms with Gasteiger partial charge in [0.25, 0.3) is 0 Å². The maximum absolute atomic E-state index is 15.7. The topological polar surface area (TPSA) is 33.5 Å². The van der Waals surface area contributed by atoms with Gasteiger partial charge in [0.2, 0.25) is 0 Å². The zero-order chi connectivity index (χ0) is 41.2. The highest BCUT2D eigenvalue weighted by molar-refractivity contribution is 6.09. The third-order valence-electron chi connectivity index (χ3n) is 11.6. The van der Waals surface area contributed by atoms with Crippen LogP contribution in [-0.2, 0) is 5.41 Å². The molecule has 0 unspecified atom stereocenters. The van der Waals surface area contributed by atoms with E-state index in [1.165, 1.54) is 29.3 Å². The number of rotatable bonds is 8. The second-order valence-electron chi connectivity index (χ2n) is 17.2. The van der Waals surface area contributed by atoms with E-state index in [1.807, 2.05) is 42.6 Å². The zero-order valence-electron chi connectivity index (χ0n) is 34.6. The minimum absolute atomic E-state index is 0.0714. The van der Waals surface area contributed by atoms with Crippen molar-refractivity contribution < 1.29 is 13.5 Å². The summed E-state index contributed by atoms with van der Waals surface area (Å²) in [6, 6.07) is 43.9. The molecule has 0 saturated carbocycles. The number of nitrogens with zero attached hydrogens (tertiary/aromatic N) is 4. The van der Waals surface area contributed by atoms with E-state index in [9.17, 15) is 0 Å². The molecule has 0 amide bonds. The summed E-state index contributed by atoms with van der Waals surface area (Å²) in [5, 5.41) is 2.23. The van der Waals surface area contributed by atoms with Crippen LogP contribution >= 0.6 is 0 Å². The minimum Gasteiger partial charge on any atom is -0.457 e. The summed E-state index contributed by atoms with van der Waals surface area (Å²) in [7, 11) is 0. The lowest BCUT2D eigenvalue weighted by atomic mass is 9.86. The van der Waals surface area contributed by atoms with E-state index in [0.717, 1.165) is 61.4 Å². The van der Waals surface area contributed by atoms with E-state index >= 15 is 8.78 Å². The Morgan fingerprint density at radius 2 is 1.39 bits per heavy atom. The molecule has 3 heterocycles. The van der Waals surface area contributed by atoms with Crippen LogP contribution in [0, 0.1) is 11.6 Å². The molecule has 8 aromatic rings. The highest BCUT2D eigenvalue weighted by Crippen LogP contribution is 2.49. The van der Waals surface area contributed by atoms with Crippen molar-refractivity contribution in [3.05, 3.63) is 168 Å². The molecule has 6 aromatic carbocycles. The molecule has 0 aliphatic carbocycles. The van der Waals surface area contributed by atoms with Gasteiger partial charge in [0.05, 0.1) is 22.4 Å². The normalized spacial score (nSPS) is 13.0. The lowest BCUT2D eigenvalue weighted by Crippen LogP contribution is -2.25. The minimum atomic E-state index is -0.609. The van der Waals surface area contributed by atoms with Crippen molar-refractivity contribution >= 4 is 44.6 Å². The first-order valence-corrected chi connectivity index (χ1v) is 20.4. The lowest BCUT2D eigenvalue weighted by molar-refractivity contribution is 0.483. The first kappa shape index (κ1) is 38.1. The number of ether oxygens (including phenoxy) is 1. The van der Waals surface area contributed by atoms with Gasteiger partial charge < -0.3 is 14.5 Å². The Bertz CT molecular complexity index is 2850. The van der Waals surface area contributed by atoms with Crippen LogP contribution < -0.4 is 14.5 Å². The predicted molar refractivity (Wildman–Crippen MR) is 239 cm³/mol. The second kappa shape index (κ2) is 14.7. The van der Waals surface area contributed by atoms with E-state index in [2.05, 4.69) is 137 Å². The van der Waals surface area contributed by atoms with Crippen LogP contribution in [-0.4, -0.2) is 16.2 Å². The monoisotopic (exact) mass is 782 g/mol. The van der Waals surface area contributed by atoms with Gasteiger partial charge in [0, 0.05) is 34.8 Å². The Kier molecular flexibility index (Phi) is 9.50. The number of benzene rings is 6. The number of anilines is 4. The Morgan fingerprint density at radius 3 is 2.12 bits per heavy atom. The zero-order valence-corrected chi connectivity index (χ0v) is 34.6.